The second-order valence-corrected chi connectivity index (χ2v) is 7.49. The summed E-state index contributed by atoms with van der Waals surface area (Å²) >= 11 is 0. The molecule has 1 aromatic carbocycles. The molecule has 3 rings (SSSR count). The fourth-order valence-corrected chi connectivity index (χ4v) is 3.38. The molecule has 0 aliphatic carbocycles. The molecule has 10 heteroatoms. The minimum absolute atomic E-state index is 0.0562. The van der Waals surface area contributed by atoms with Crippen molar-refractivity contribution in [1.82, 2.24) is 9.58 Å². The second kappa shape index (κ2) is 9.63. The summed E-state index contributed by atoms with van der Waals surface area (Å²) < 4.78 is 21.9. The standard InChI is InChI=1S/C22H27N3O7/c1-14(2)24-13-23(12-16-7-6-8-17(11-16)29-4)25-10-9-18(26)20(19(25)21(24)27)31-15(3)32-22(28)30-5/h6-11,14-15H,12-13H2,1-5H3. The van der Waals surface area contributed by atoms with E-state index in [0.29, 0.717) is 19.0 Å². The molecule has 0 saturated carbocycles. The first-order chi connectivity index (χ1) is 15.2. The van der Waals surface area contributed by atoms with Gasteiger partial charge in [0.15, 0.2) is 5.69 Å². The lowest BCUT2D eigenvalue weighted by atomic mass is 10.2. The number of ether oxygens (including phenoxy) is 4. The Hall–Kier alpha value is -3.69. The van der Waals surface area contributed by atoms with E-state index in [1.807, 2.05) is 43.1 Å². The number of hydrogen-bond donors (Lipinski definition) is 0. The number of amides is 1. The zero-order valence-electron chi connectivity index (χ0n) is 18.7. The fourth-order valence-electron chi connectivity index (χ4n) is 3.38. The van der Waals surface area contributed by atoms with Crippen molar-refractivity contribution in [3.8, 4) is 11.5 Å². The third-order valence-electron chi connectivity index (χ3n) is 4.95. The van der Waals surface area contributed by atoms with Gasteiger partial charge in [-0.05, 0) is 31.5 Å². The number of methoxy groups -OCH3 is 2. The van der Waals surface area contributed by atoms with Gasteiger partial charge in [-0.25, -0.2) is 4.79 Å². The molecule has 0 fully saturated rings. The quantitative estimate of drug-likeness (QED) is 0.473. The van der Waals surface area contributed by atoms with Crippen LogP contribution in [0.4, 0.5) is 4.79 Å². The third kappa shape index (κ3) is 4.79. The number of aromatic nitrogens is 1. The van der Waals surface area contributed by atoms with E-state index in [0.717, 1.165) is 12.7 Å². The van der Waals surface area contributed by atoms with Crippen molar-refractivity contribution >= 4 is 12.1 Å². The van der Waals surface area contributed by atoms with Crippen LogP contribution in [-0.4, -0.2) is 54.9 Å². The Kier molecular flexibility index (Phi) is 6.92. The predicted octanol–water partition coefficient (Wildman–Crippen LogP) is 2.32. The Bertz CT molecular complexity index is 1050. The Morgan fingerprint density at radius 3 is 2.53 bits per heavy atom. The normalized spacial score (nSPS) is 14.1. The number of benzene rings is 1. The van der Waals surface area contributed by atoms with Crippen LogP contribution in [0.5, 0.6) is 11.5 Å². The summed E-state index contributed by atoms with van der Waals surface area (Å²) in [6.07, 6.45) is -0.569. The molecule has 2 heterocycles. The maximum Gasteiger partial charge on any atom is 0.511 e. The first-order valence-corrected chi connectivity index (χ1v) is 10.1. The Labute approximate surface area is 185 Å². The van der Waals surface area contributed by atoms with Gasteiger partial charge in [0, 0.05) is 25.2 Å². The number of hydrogen-bond acceptors (Lipinski definition) is 8. The molecule has 1 aliphatic heterocycles. The number of fused-ring (bicyclic) bond motifs is 1. The Morgan fingerprint density at radius 2 is 1.88 bits per heavy atom. The summed E-state index contributed by atoms with van der Waals surface area (Å²) in [7, 11) is 2.76. The molecule has 1 atom stereocenters. The van der Waals surface area contributed by atoms with Crippen LogP contribution in [0.25, 0.3) is 0 Å². The van der Waals surface area contributed by atoms with Gasteiger partial charge >= 0.3 is 6.16 Å². The molecule has 10 nitrogen and oxygen atoms in total. The average molecular weight is 445 g/mol. The fraction of sp³-hybridized carbons (Fsp3) is 0.409. The zero-order valence-corrected chi connectivity index (χ0v) is 18.7. The summed E-state index contributed by atoms with van der Waals surface area (Å²) in [5.74, 6) is 0.156. The van der Waals surface area contributed by atoms with Crippen molar-refractivity contribution in [2.24, 2.45) is 0 Å². The number of rotatable bonds is 7. The second-order valence-electron chi connectivity index (χ2n) is 7.49. The van der Waals surface area contributed by atoms with Crippen LogP contribution in [0.1, 0.15) is 36.8 Å². The van der Waals surface area contributed by atoms with Crippen LogP contribution >= 0.6 is 0 Å². The molecular formula is C22H27N3O7. The van der Waals surface area contributed by atoms with Crippen LogP contribution in [0, 0.1) is 0 Å². The summed E-state index contributed by atoms with van der Waals surface area (Å²) in [5.41, 5.74) is 0.509. The zero-order chi connectivity index (χ0) is 23.4. The lowest BCUT2D eigenvalue weighted by molar-refractivity contribution is -0.0484. The molecule has 1 unspecified atom stereocenters. The van der Waals surface area contributed by atoms with Crippen LogP contribution in [0.2, 0.25) is 0 Å². The number of carbonyl (C=O) groups is 2. The van der Waals surface area contributed by atoms with Crippen molar-refractivity contribution in [1.29, 1.82) is 0 Å². The van der Waals surface area contributed by atoms with E-state index in [9.17, 15) is 14.4 Å². The van der Waals surface area contributed by atoms with Crippen molar-refractivity contribution in [2.45, 2.75) is 39.6 Å². The van der Waals surface area contributed by atoms with Crippen LogP contribution < -0.4 is 19.9 Å². The van der Waals surface area contributed by atoms with Crippen molar-refractivity contribution in [3.05, 3.63) is 58.0 Å². The molecule has 1 aromatic heterocycles. The minimum Gasteiger partial charge on any atom is -0.497 e. The van der Waals surface area contributed by atoms with Gasteiger partial charge in [-0.2, -0.15) is 0 Å². The topological polar surface area (TPSA) is 99.5 Å². The molecule has 0 saturated heterocycles. The molecule has 2 aromatic rings. The van der Waals surface area contributed by atoms with Crippen LogP contribution in [0.3, 0.4) is 0 Å². The molecule has 32 heavy (non-hydrogen) atoms. The molecule has 0 spiro atoms. The van der Waals surface area contributed by atoms with Gasteiger partial charge in [-0.3, -0.25) is 19.3 Å². The highest BCUT2D eigenvalue weighted by Crippen LogP contribution is 2.25. The van der Waals surface area contributed by atoms with Gasteiger partial charge in [0.05, 0.1) is 20.8 Å². The van der Waals surface area contributed by atoms with E-state index in [1.165, 1.54) is 19.2 Å². The van der Waals surface area contributed by atoms with E-state index in [1.54, 1.807) is 16.7 Å². The number of nitrogens with zero attached hydrogens (tertiary/aromatic N) is 3. The summed E-state index contributed by atoms with van der Waals surface area (Å²) in [6.45, 7) is 5.96. The Morgan fingerprint density at radius 1 is 1.12 bits per heavy atom. The molecule has 0 radical (unpaired) electrons. The largest absolute Gasteiger partial charge is 0.511 e. The molecule has 1 amide bonds. The first-order valence-electron chi connectivity index (χ1n) is 10.1. The third-order valence-corrected chi connectivity index (χ3v) is 4.95. The highest BCUT2D eigenvalue weighted by molar-refractivity contribution is 5.96. The maximum atomic E-state index is 13.3. The molecule has 1 aliphatic rings. The SMILES string of the molecule is COC(=O)OC(C)Oc1c2n(ccc1=O)N(Cc1cccc(OC)c1)CN(C(C)C)C2=O. The van der Waals surface area contributed by atoms with Crippen LogP contribution in [0.15, 0.2) is 41.3 Å². The van der Waals surface area contributed by atoms with E-state index in [4.69, 9.17) is 14.2 Å². The highest BCUT2D eigenvalue weighted by Gasteiger charge is 2.35. The van der Waals surface area contributed by atoms with Crippen molar-refractivity contribution < 1.29 is 28.5 Å². The predicted molar refractivity (Wildman–Crippen MR) is 115 cm³/mol. The van der Waals surface area contributed by atoms with Crippen LogP contribution in [-0.2, 0) is 16.0 Å². The molecular weight excluding hydrogens is 418 g/mol. The number of pyridine rings is 1. The first kappa shape index (κ1) is 23.0. The van der Waals surface area contributed by atoms with Gasteiger partial charge in [-0.1, -0.05) is 12.1 Å². The van der Waals surface area contributed by atoms with Gasteiger partial charge in [-0.15, -0.1) is 0 Å². The minimum atomic E-state index is -1.14. The average Bonchev–Trinajstić information content (AvgIpc) is 2.76. The number of carbonyl (C=O) groups excluding carboxylic acids is 2. The van der Waals surface area contributed by atoms with E-state index >= 15 is 0 Å². The van der Waals surface area contributed by atoms with E-state index in [2.05, 4.69) is 4.74 Å². The summed E-state index contributed by atoms with van der Waals surface area (Å²) in [6, 6.07) is 8.77. The maximum absolute atomic E-state index is 13.3. The van der Waals surface area contributed by atoms with Gasteiger partial charge in [0.1, 0.15) is 12.4 Å². The molecule has 0 N–H and O–H groups in total. The lowest BCUT2D eigenvalue weighted by Gasteiger charge is -2.41. The van der Waals surface area contributed by atoms with Crippen molar-refractivity contribution in [2.75, 3.05) is 25.9 Å². The molecule has 0 bridgehead atoms. The van der Waals surface area contributed by atoms with Gasteiger partial charge in [0.2, 0.25) is 17.5 Å². The smallest absolute Gasteiger partial charge is 0.497 e. The summed E-state index contributed by atoms with van der Waals surface area (Å²) in [4.78, 5) is 39.0. The monoisotopic (exact) mass is 445 g/mol. The van der Waals surface area contributed by atoms with Crippen molar-refractivity contribution in [3.63, 3.8) is 0 Å². The Balaban J connectivity index is 2.03. The van der Waals surface area contributed by atoms with E-state index < -0.39 is 17.9 Å². The lowest BCUT2D eigenvalue weighted by Crippen LogP contribution is -2.56. The van der Waals surface area contributed by atoms with Gasteiger partial charge in [0.25, 0.3) is 5.91 Å². The molecule has 172 valence electrons. The van der Waals surface area contributed by atoms with Gasteiger partial charge < -0.3 is 23.8 Å². The highest BCUT2D eigenvalue weighted by atomic mass is 16.8. The summed E-state index contributed by atoms with van der Waals surface area (Å²) in [5, 5.41) is 1.91. The van der Waals surface area contributed by atoms with E-state index in [-0.39, 0.29) is 23.4 Å².